The second-order valence-corrected chi connectivity index (χ2v) is 6.15. The Morgan fingerprint density at radius 1 is 1.17 bits per heavy atom. The van der Waals surface area contributed by atoms with Gasteiger partial charge in [0.25, 0.3) is 0 Å². The van der Waals surface area contributed by atoms with Crippen LogP contribution in [0.5, 0.6) is 11.5 Å². The number of benzene rings is 2. The van der Waals surface area contributed by atoms with Crippen molar-refractivity contribution in [1.29, 1.82) is 0 Å². The van der Waals surface area contributed by atoms with E-state index in [9.17, 15) is 5.11 Å². The first-order chi connectivity index (χ1) is 11.1. The number of methoxy groups -OCH3 is 1. The van der Waals surface area contributed by atoms with Crippen molar-refractivity contribution < 1.29 is 9.84 Å². The highest BCUT2D eigenvalue weighted by Crippen LogP contribution is 2.33. The highest BCUT2D eigenvalue weighted by molar-refractivity contribution is 6.01. The largest absolute Gasteiger partial charge is 0.508 e. The summed E-state index contributed by atoms with van der Waals surface area (Å²) in [4.78, 5) is 0. The van der Waals surface area contributed by atoms with Gasteiger partial charge in [-0.2, -0.15) is 5.10 Å². The summed E-state index contributed by atoms with van der Waals surface area (Å²) in [6.07, 6.45) is 0.751. The number of nitrogens with one attached hydrogen (secondary N) is 1. The minimum atomic E-state index is 0.00537. The van der Waals surface area contributed by atoms with Crippen molar-refractivity contribution in [1.82, 2.24) is 5.43 Å². The molecule has 120 valence electrons. The molecule has 2 aromatic rings. The summed E-state index contributed by atoms with van der Waals surface area (Å²) in [6.45, 7) is 4.30. The maximum Gasteiger partial charge on any atom is 0.120 e. The summed E-state index contributed by atoms with van der Waals surface area (Å²) in [5, 5.41) is 14.6. The number of phenolic OH excluding ortho intramolecular Hbond substituents is 1. The number of phenols is 1. The Kier molecular flexibility index (Phi) is 4.24. The summed E-state index contributed by atoms with van der Waals surface area (Å²) >= 11 is 0. The van der Waals surface area contributed by atoms with Gasteiger partial charge in [0.15, 0.2) is 0 Å². The van der Waals surface area contributed by atoms with E-state index < -0.39 is 0 Å². The molecule has 0 saturated heterocycles. The molecule has 0 radical (unpaired) electrons. The number of hydrogen-bond donors (Lipinski definition) is 2. The summed E-state index contributed by atoms with van der Waals surface area (Å²) in [6, 6.07) is 13.7. The van der Waals surface area contributed by atoms with E-state index >= 15 is 0 Å². The number of ether oxygens (including phenoxy) is 1. The van der Waals surface area contributed by atoms with E-state index in [2.05, 4.69) is 30.4 Å². The molecule has 2 N–H and O–H groups in total. The van der Waals surface area contributed by atoms with E-state index in [1.54, 1.807) is 13.2 Å². The van der Waals surface area contributed by atoms with Crippen LogP contribution in [0, 0.1) is 0 Å². The minimum Gasteiger partial charge on any atom is -0.508 e. The van der Waals surface area contributed by atoms with Crippen molar-refractivity contribution in [2.75, 3.05) is 7.11 Å². The number of rotatable bonds is 4. The molecule has 23 heavy (non-hydrogen) atoms. The minimum absolute atomic E-state index is 0.00537. The van der Waals surface area contributed by atoms with E-state index in [-0.39, 0.29) is 6.04 Å². The standard InChI is InChI=1S/C19H22N2O2/c1-12(2)14-6-9-19(22)16(10-14)18-11-17(20-21-18)13-4-7-15(23-3)8-5-13/h4-10,12,18,21-22H,11H2,1-3H3. The monoisotopic (exact) mass is 310 g/mol. The second-order valence-electron chi connectivity index (χ2n) is 6.15. The van der Waals surface area contributed by atoms with Gasteiger partial charge in [-0.05, 0) is 53.4 Å². The molecule has 0 fully saturated rings. The molecular formula is C19H22N2O2. The van der Waals surface area contributed by atoms with E-state index in [1.165, 1.54) is 5.56 Å². The van der Waals surface area contributed by atoms with E-state index in [0.29, 0.717) is 11.7 Å². The maximum absolute atomic E-state index is 10.2. The number of aromatic hydroxyl groups is 1. The Morgan fingerprint density at radius 3 is 2.57 bits per heavy atom. The SMILES string of the molecule is COc1ccc(C2=NNC(c3cc(C(C)C)ccc3O)C2)cc1. The van der Waals surface area contributed by atoms with Crippen molar-refractivity contribution in [3.8, 4) is 11.5 Å². The zero-order chi connectivity index (χ0) is 16.4. The quantitative estimate of drug-likeness (QED) is 0.898. The van der Waals surface area contributed by atoms with Crippen LogP contribution in [0.1, 0.15) is 48.9 Å². The molecule has 0 amide bonds. The highest BCUT2D eigenvalue weighted by Gasteiger charge is 2.24. The van der Waals surface area contributed by atoms with Crippen molar-refractivity contribution in [2.24, 2.45) is 5.10 Å². The van der Waals surface area contributed by atoms with Crippen LogP contribution < -0.4 is 10.2 Å². The first-order valence-corrected chi connectivity index (χ1v) is 7.88. The average molecular weight is 310 g/mol. The Bertz CT molecular complexity index is 721. The van der Waals surface area contributed by atoms with Gasteiger partial charge < -0.3 is 15.3 Å². The highest BCUT2D eigenvalue weighted by atomic mass is 16.5. The lowest BCUT2D eigenvalue weighted by Crippen LogP contribution is -2.10. The summed E-state index contributed by atoms with van der Waals surface area (Å²) in [5.41, 5.74) is 7.34. The summed E-state index contributed by atoms with van der Waals surface area (Å²) in [7, 11) is 1.66. The molecule has 0 spiro atoms. The van der Waals surface area contributed by atoms with Crippen LogP contribution in [0.3, 0.4) is 0 Å². The number of hydrazone groups is 1. The molecule has 0 bridgehead atoms. The van der Waals surface area contributed by atoms with Gasteiger partial charge >= 0.3 is 0 Å². The van der Waals surface area contributed by atoms with E-state index in [4.69, 9.17) is 4.74 Å². The molecule has 4 nitrogen and oxygen atoms in total. The fraction of sp³-hybridized carbons (Fsp3) is 0.316. The van der Waals surface area contributed by atoms with Gasteiger partial charge in [0, 0.05) is 12.0 Å². The van der Waals surface area contributed by atoms with Crippen molar-refractivity contribution >= 4 is 5.71 Å². The van der Waals surface area contributed by atoms with Gasteiger partial charge in [0.1, 0.15) is 11.5 Å². The number of nitrogens with zero attached hydrogens (tertiary/aromatic N) is 1. The lowest BCUT2D eigenvalue weighted by atomic mass is 9.94. The smallest absolute Gasteiger partial charge is 0.120 e. The Morgan fingerprint density at radius 2 is 1.91 bits per heavy atom. The normalized spacial score (nSPS) is 17.0. The van der Waals surface area contributed by atoms with Crippen molar-refractivity contribution in [2.45, 2.75) is 32.2 Å². The zero-order valence-corrected chi connectivity index (χ0v) is 13.7. The third-order valence-corrected chi connectivity index (χ3v) is 4.27. The molecule has 1 aliphatic heterocycles. The summed E-state index contributed by atoms with van der Waals surface area (Å²) < 4.78 is 5.18. The molecule has 0 saturated carbocycles. The Hall–Kier alpha value is -2.49. The molecule has 3 rings (SSSR count). The van der Waals surface area contributed by atoms with Crippen molar-refractivity contribution in [3.05, 3.63) is 59.2 Å². The molecule has 1 atom stereocenters. The predicted molar refractivity (Wildman–Crippen MR) is 92.2 cm³/mol. The second kappa shape index (κ2) is 6.32. The van der Waals surface area contributed by atoms with Gasteiger partial charge in [-0.25, -0.2) is 0 Å². The van der Waals surface area contributed by atoms with Gasteiger partial charge in [-0.1, -0.05) is 19.9 Å². The van der Waals surface area contributed by atoms with Crippen LogP contribution in [0.2, 0.25) is 0 Å². The lowest BCUT2D eigenvalue weighted by molar-refractivity contribution is 0.415. The molecule has 1 aliphatic rings. The van der Waals surface area contributed by atoms with Crippen LogP contribution in [0.15, 0.2) is 47.6 Å². The Labute approximate surface area is 136 Å². The van der Waals surface area contributed by atoms with Gasteiger partial charge in [0.05, 0.1) is 18.9 Å². The predicted octanol–water partition coefficient (Wildman–Crippen LogP) is 3.96. The van der Waals surface area contributed by atoms with Crippen LogP contribution in [-0.2, 0) is 0 Å². The van der Waals surface area contributed by atoms with Gasteiger partial charge in [0.2, 0.25) is 0 Å². The Balaban J connectivity index is 1.79. The maximum atomic E-state index is 10.2. The van der Waals surface area contributed by atoms with Crippen LogP contribution in [0.4, 0.5) is 0 Å². The van der Waals surface area contributed by atoms with Crippen LogP contribution in [-0.4, -0.2) is 17.9 Å². The van der Waals surface area contributed by atoms with Crippen LogP contribution in [0.25, 0.3) is 0 Å². The van der Waals surface area contributed by atoms with Gasteiger partial charge in [-0.15, -0.1) is 0 Å². The first-order valence-electron chi connectivity index (χ1n) is 7.88. The fourth-order valence-electron chi connectivity index (χ4n) is 2.80. The van der Waals surface area contributed by atoms with E-state index in [1.807, 2.05) is 30.3 Å². The molecule has 2 aromatic carbocycles. The summed E-state index contributed by atoms with van der Waals surface area (Å²) in [5.74, 6) is 1.58. The average Bonchev–Trinajstić information content (AvgIpc) is 3.05. The molecule has 0 aliphatic carbocycles. The first kappa shape index (κ1) is 15.4. The molecule has 1 heterocycles. The fourth-order valence-corrected chi connectivity index (χ4v) is 2.80. The van der Waals surface area contributed by atoms with Crippen LogP contribution >= 0.6 is 0 Å². The molecule has 4 heteroatoms. The topological polar surface area (TPSA) is 53.8 Å². The van der Waals surface area contributed by atoms with Gasteiger partial charge in [-0.3, -0.25) is 0 Å². The molecular weight excluding hydrogens is 288 g/mol. The zero-order valence-electron chi connectivity index (χ0n) is 13.7. The number of hydrogen-bond acceptors (Lipinski definition) is 4. The third kappa shape index (κ3) is 3.16. The molecule has 0 aromatic heterocycles. The van der Waals surface area contributed by atoms with Crippen molar-refractivity contribution in [3.63, 3.8) is 0 Å². The lowest BCUT2D eigenvalue weighted by Gasteiger charge is -2.15. The third-order valence-electron chi connectivity index (χ3n) is 4.27. The van der Waals surface area contributed by atoms with E-state index in [0.717, 1.165) is 29.0 Å². The molecule has 1 unspecified atom stereocenters.